The molecule has 0 saturated carbocycles. The summed E-state index contributed by atoms with van der Waals surface area (Å²) >= 11 is 0. The van der Waals surface area contributed by atoms with E-state index >= 15 is 0 Å². The van der Waals surface area contributed by atoms with Gasteiger partial charge in [-0.05, 0) is 17.9 Å². The van der Waals surface area contributed by atoms with Gasteiger partial charge in [-0.25, -0.2) is 0 Å². The van der Waals surface area contributed by atoms with E-state index in [0.717, 1.165) is 24.1 Å². The number of carbonyl (C=O) groups is 1. The SMILES string of the molecule is CCC(CC(=O)c1c(O)cc(O)cc1O)c1ccccc1. The Labute approximate surface area is 123 Å². The fourth-order valence-corrected chi connectivity index (χ4v) is 2.43. The van der Waals surface area contributed by atoms with E-state index < -0.39 is 11.5 Å². The molecule has 0 fully saturated rings. The van der Waals surface area contributed by atoms with E-state index in [1.165, 1.54) is 0 Å². The van der Waals surface area contributed by atoms with Crippen molar-refractivity contribution in [3.8, 4) is 17.2 Å². The second kappa shape index (κ2) is 6.31. The average Bonchev–Trinajstić information content (AvgIpc) is 2.44. The zero-order valence-electron chi connectivity index (χ0n) is 11.8. The highest BCUT2D eigenvalue weighted by Crippen LogP contribution is 2.35. The quantitative estimate of drug-likeness (QED) is 0.734. The fraction of sp³-hybridized carbons (Fsp3) is 0.235. The molecule has 2 aromatic carbocycles. The van der Waals surface area contributed by atoms with Crippen molar-refractivity contribution in [2.75, 3.05) is 0 Å². The maximum absolute atomic E-state index is 12.3. The summed E-state index contributed by atoms with van der Waals surface area (Å²) in [6.45, 7) is 1.99. The lowest BCUT2D eigenvalue weighted by molar-refractivity contribution is 0.0967. The molecular weight excluding hydrogens is 268 g/mol. The molecule has 0 aliphatic rings. The maximum Gasteiger partial charge on any atom is 0.170 e. The minimum absolute atomic E-state index is 0.0197. The van der Waals surface area contributed by atoms with Crippen LogP contribution < -0.4 is 0 Å². The summed E-state index contributed by atoms with van der Waals surface area (Å²) < 4.78 is 0. The van der Waals surface area contributed by atoms with Crippen LogP contribution in [-0.4, -0.2) is 21.1 Å². The standard InChI is InChI=1S/C17H18O4/c1-2-11(12-6-4-3-5-7-12)8-14(19)17-15(20)9-13(18)10-16(17)21/h3-7,9-11,18,20-21H,2,8H2,1H3. The molecule has 4 nitrogen and oxygen atoms in total. The number of Topliss-reactive ketones (excluding diaryl/α,β-unsaturated/α-hetero) is 1. The molecule has 2 aromatic rings. The molecule has 1 atom stereocenters. The zero-order valence-corrected chi connectivity index (χ0v) is 11.8. The highest BCUT2D eigenvalue weighted by molar-refractivity contribution is 6.01. The first-order valence-electron chi connectivity index (χ1n) is 6.86. The first-order chi connectivity index (χ1) is 10.0. The number of ketones is 1. The van der Waals surface area contributed by atoms with Crippen molar-refractivity contribution in [3.05, 3.63) is 53.6 Å². The molecule has 0 saturated heterocycles. The van der Waals surface area contributed by atoms with Crippen molar-refractivity contribution in [3.63, 3.8) is 0 Å². The molecule has 4 heteroatoms. The van der Waals surface area contributed by atoms with Crippen LogP contribution in [0.4, 0.5) is 0 Å². The Balaban J connectivity index is 2.25. The Kier molecular flexibility index (Phi) is 4.48. The van der Waals surface area contributed by atoms with E-state index in [0.29, 0.717) is 0 Å². The zero-order chi connectivity index (χ0) is 15.4. The summed E-state index contributed by atoms with van der Waals surface area (Å²) in [5.74, 6) is -1.41. The smallest absolute Gasteiger partial charge is 0.170 e. The third kappa shape index (κ3) is 3.34. The number of phenols is 3. The van der Waals surface area contributed by atoms with Gasteiger partial charge in [-0.1, -0.05) is 37.3 Å². The Bertz CT molecular complexity index is 611. The van der Waals surface area contributed by atoms with Crippen LogP contribution in [0.3, 0.4) is 0 Å². The average molecular weight is 286 g/mol. The summed E-state index contributed by atoms with van der Waals surface area (Å²) in [5, 5.41) is 28.8. The Morgan fingerprint density at radius 3 is 2.14 bits per heavy atom. The number of aromatic hydroxyl groups is 3. The van der Waals surface area contributed by atoms with Crippen molar-refractivity contribution in [2.24, 2.45) is 0 Å². The largest absolute Gasteiger partial charge is 0.508 e. The summed E-state index contributed by atoms with van der Waals surface area (Å²) in [6, 6.07) is 11.8. The van der Waals surface area contributed by atoms with E-state index in [4.69, 9.17) is 0 Å². The van der Waals surface area contributed by atoms with Crippen LogP contribution in [0.2, 0.25) is 0 Å². The third-order valence-electron chi connectivity index (χ3n) is 3.56. The molecule has 1 unspecified atom stereocenters. The first kappa shape index (κ1) is 14.9. The lowest BCUT2D eigenvalue weighted by Gasteiger charge is -2.15. The molecule has 0 bridgehead atoms. The van der Waals surface area contributed by atoms with Crippen molar-refractivity contribution >= 4 is 5.78 Å². The highest BCUT2D eigenvalue weighted by atomic mass is 16.3. The number of benzene rings is 2. The lowest BCUT2D eigenvalue weighted by atomic mass is 9.89. The van der Waals surface area contributed by atoms with Gasteiger partial charge in [0.2, 0.25) is 0 Å². The summed E-state index contributed by atoms with van der Waals surface area (Å²) in [4.78, 5) is 12.3. The molecular formula is C17H18O4. The summed E-state index contributed by atoms with van der Waals surface area (Å²) in [7, 11) is 0. The van der Waals surface area contributed by atoms with Gasteiger partial charge in [0.1, 0.15) is 22.8 Å². The second-order valence-electron chi connectivity index (χ2n) is 5.00. The number of hydrogen-bond acceptors (Lipinski definition) is 4. The molecule has 0 amide bonds. The fourth-order valence-electron chi connectivity index (χ4n) is 2.43. The summed E-state index contributed by atoms with van der Waals surface area (Å²) in [6.07, 6.45) is 0.960. The number of hydrogen-bond donors (Lipinski definition) is 3. The van der Waals surface area contributed by atoms with Crippen molar-refractivity contribution in [2.45, 2.75) is 25.7 Å². The van der Waals surface area contributed by atoms with Crippen LogP contribution in [-0.2, 0) is 0 Å². The molecule has 0 aliphatic heterocycles. The van der Waals surface area contributed by atoms with Crippen LogP contribution in [0.1, 0.15) is 41.6 Å². The van der Waals surface area contributed by atoms with E-state index in [1.54, 1.807) is 0 Å². The van der Waals surface area contributed by atoms with Crippen LogP contribution in [0.5, 0.6) is 17.2 Å². The molecule has 0 spiro atoms. The van der Waals surface area contributed by atoms with Crippen molar-refractivity contribution in [1.82, 2.24) is 0 Å². The van der Waals surface area contributed by atoms with Gasteiger partial charge in [-0.3, -0.25) is 4.79 Å². The van der Waals surface area contributed by atoms with E-state index in [1.807, 2.05) is 37.3 Å². The normalized spacial score (nSPS) is 12.0. The molecule has 0 radical (unpaired) electrons. The van der Waals surface area contributed by atoms with E-state index in [-0.39, 0.29) is 29.4 Å². The minimum Gasteiger partial charge on any atom is -0.508 e. The van der Waals surface area contributed by atoms with Gasteiger partial charge in [0, 0.05) is 18.6 Å². The minimum atomic E-state index is -0.402. The van der Waals surface area contributed by atoms with Gasteiger partial charge in [0.15, 0.2) is 5.78 Å². The van der Waals surface area contributed by atoms with Crippen molar-refractivity contribution in [1.29, 1.82) is 0 Å². The van der Waals surface area contributed by atoms with Crippen LogP contribution >= 0.6 is 0 Å². The number of rotatable bonds is 5. The van der Waals surface area contributed by atoms with Gasteiger partial charge in [-0.2, -0.15) is 0 Å². The molecule has 0 aliphatic carbocycles. The van der Waals surface area contributed by atoms with E-state index in [9.17, 15) is 20.1 Å². The Morgan fingerprint density at radius 2 is 1.62 bits per heavy atom. The monoisotopic (exact) mass is 286 g/mol. The van der Waals surface area contributed by atoms with Gasteiger partial charge < -0.3 is 15.3 Å². The number of carbonyl (C=O) groups excluding carboxylic acids is 1. The van der Waals surface area contributed by atoms with Crippen LogP contribution in [0.25, 0.3) is 0 Å². The van der Waals surface area contributed by atoms with E-state index in [2.05, 4.69) is 0 Å². The number of phenolic OH excluding ortho intramolecular Hbond substituents is 3. The topological polar surface area (TPSA) is 77.8 Å². The van der Waals surface area contributed by atoms with Crippen LogP contribution in [0.15, 0.2) is 42.5 Å². The van der Waals surface area contributed by atoms with Gasteiger partial charge in [0.05, 0.1) is 0 Å². The predicted molar refractivity (Wildman–Crippen MR) is 79.9 cm³/mol. The highest BCUT2D eigenvalue weighted by Gasteiger charge is 2.21. The molecule has 2 rings (SSSR count). The second-order valence-corrected chi connectivity index (χ2v) is 5.00. The van der Waals surface area contributed by atoms with Gasteiger partial charge in [0.25, 0.3) is 0 Å². The maximum atomic E-state index is 12.3. The first-order valence-corrected chi connectivity index (χ1v) is 6.86. The Morgan fingerprint density at radius 1 is 1.05 bits per heavy atom. The molecule has 3 N–H and O–H groups in total. The van der Waals surface area contributed by atoms with Crippen LogP contribution in [0, 0.1) is 0 Å². The third-order valence-corrected chi connectivity index (χ3v) is 3.56. The van der Waals surface area contributed by atoms with Gasteiger partial charge in [-0.15, -0.1) is 0 Å². The molecule has 0 heterocycles. The molecule has 110 valence electrons. The lowest BCUT2D eigenvalue weighted by Crippen LogP contribution is -2.07. The van der Waals surface area contributed by atoms with Crippen molar-refractivity contribution < 1.29 is 20.1 Å². The predicted octanol–water partition coefficient (Wildman–Crippen LogP) is 3.57. The summed E-state index contributed by atoms with van der Waals surface area (Å²) in [5.41, 5.74) is 0.910. The molecule has 21 heavy (non-hydrogen) atoms. The Hall–Kier alpha value is -2.49. The van der Waals surface area contributed by atoms with Gasteiger partial charge >= 0.3 is 0 Å². The molecule has 0 aromatic heterocycles.